The van der Waals surface area contributed by atoms with Crippen molar-refractivity contribution in [3.63, 3.8) is 0 Å². The first kappa shape index (κ1) is 6.51. The fourth-order valence-electron chi connectivity index (χ4n) is 0.719. The molecule has 1 rings (SSSR count). The van der Waals surface area contributed by atoms with Crippen LogP contribution >= 0.6 is 0 Å². The number of carbonyl (C=O) groups is 1. The van der Waals surface area contributed by atoms with Crippen LogP contribution in [0, 0.1) is 0 Å². The van der Waals surface area contributed by atoms with Crippen molar-refractivity contribution in [2.24, 2.45) is 0 Å². The van der Waals surface area contributed by atoms with Crippen LogP contribution in [0.15, 0.2) is 0 Å². The molecule has 0 bridgehead atoms. The summed E-state index contributed by atoms with van der Waals surface area (Å²) in [5.74, 6) is -0.741. The molecular weight excluding hydrogens is 124 g/mol. The summed E-state index contributed by atoms with van der Waals surface area (Å²) in [7, 11) is 0. The highest BCUT2D eigenvalue weighted by atomic mass is 16.6. The molecule has 0 unspecified atom stereocenters. The normalized spacial score (nSPS) is 43.0. The Morgan fingerprint density at radius 2 is 2.11 bits per heavy atom. The summed E-state index contributed by atoms with van der Waals surface area (Å²) in [6, 6.07) is 0. The van der Waals surface area contributed by atoms with E-state index in [0.717, 1.165) is 0 Å². The molecule has 0 aromatic heterocycles. The molecule has 3 atom stereocenters. The predicted octanol–water partition coefficient (Wildman–Crippen LogP) is -1.35. The minimum absolute atomic E-state index is 0.576. The van der Waals surface area contributed by atoms with Crippen molar-refractivity contribution in [2.45, 2.75) is 25.2 Å². The second-order valence-electron chi connectivity index (χ2n) is 2.08. The number of aliphatic hydroxyl groups excluding tert-OH is 2. The molecule has 0 aliphatic carbocycles. The van der Waals surface area contributed by atoms with Gasteiger partial charge in [-0.15, -0.1) is 0 Å². The quantitative estimate of drug-likeness (QED) is 0.400. The highest BCUT2D eigenvalue weighted by molar-refractivity contribution is 5.77. The molecule has 0 radical (unpaired) electrons. The molecule has 1 aliphatic heterocycles. The maximum absolute atomic E-state index is 10.4. The summed E-state index contributed by atoms with van der Waals surface area (Å²) in [6.45, 7) is 1.53. The first-order valence-corrected chi connectivity index (χ1v) is 2.69. The number of esters is 1. The molecule has 4 heteroatoms. The lowest BCUT2D eigenvalue weighted by molar-refractivity contribution is -0.146. The molecule has 2 N–H and O–H groups in total. The minimum atomic E-state index is -1.35. The number of aliphatic hydroxyl groups is 2. The number of hydrogen-bond donors (Lipinski definition) is 2. The Morgan fingerprint density at radius 1 is 1.56 bits per heavy atom. The molecular formula is C5H8O4. The van der Waals surface area contributed by atoms with Crippen molar-refractivity contribution < 1.29 is 19.7 Å². The van der Waals surface area contributed by atoms with E-state index in [0.29, 0.717) is 0 Å². The van der Waals surface area contributed by atoms with Crippen LogP contribution in [0.25, 0.3) is 0 Å². The maximum atomic E-state index is 10.4. The van der Waals surface area contributed by atoms with Gasteiger partial charge in [-0.25, -0.2) is 4.79 Å². The van der Waals surface area contributed by atoms with E-state index in [1.165, 1.54) is 6.92 Å². The van der Waals surface area contributed by atoms with Gasteiger partial charge in [-0.1, -0.05) is 0 Å². The topological polar surface area (TPSA) is 66.8 Å². The van der Waals surface area contributed by atoms with Crippen LogP contribution in [-0.4, -0.2) is 34.5 Å². The summed E-state index contributed by atoms with van der Waals surface area (Å²) >= 11 is 0. The van der Waals surface area contributed by atoms with Gasteiger partial charge in [0.05, 0.1) is 0 Å². The van der Waals surface area contributed by atoms with E-state index in [1.807, 2.05) is 0 Å². The van der Waals surface area contributed by atoms with Crippen LogP contribution in [0.3, 0.4) is 0 Å². The molecule has 0 amide bonds. The summed E-state index contributed by atoms with van der Waals surface area (Å²) < 4.78 is 4.45. The fourth-order valence-corrected chi connectivity index (χ4v) is 0.719. The second-order valence-corrected chi connectivity index (χ2v) is 2.08. The second kappa shape index (κ2) is 1.97. The van der Waals surface area contributed by atoms with Crippen molar-refractivity contribution in [2.75, 3.05) is 0 Å². The van der Waals surface area contributed by atoms with E-state index in [9.17, 15) is 4.79 Å². The Hall–Kier alpha value is -0.610. The monoisotopic (exact) mass is 132 g/mol. The van der Waals surface area contributed by atoms with Crippen LogP contribution in [-0.2, 0) is 9.53 Å². The fraction of sp³-hybridized carbons (Fsp3) is 0.800. The van der Waals surface area contributed by atoms with E-state index >= 15 is 0 Å². The van der Waals surface area contributed by atoms with Crippen molar-refractivity contribution >= 4 is 5.97 Å². The third-order valence-corrected chi connectivity index (χ3v) is 1.35. The van der Waals surface area contributed by atoms with Gasteiger partial charge in [0.25, 0.3) is 0 Å². The molecule has 1 heterocycles. The highest BCUT2D eigenvalue weighted by Gasteiger charge is 2.39. The Kier molecular flexibility index (Phi) is 1.42. The first-order chi connectivity index (χ1) is 4.13. The lowest BCUT2D eigenvalue weighted by Gasteiger charge is -2.04. The van der Waals surface area contributed by atoms with Gasteiger partial charge in [0.15, 0.2) is 6.10 Å². The van der Waals surface area contributed by atoms with Crippen molar-refractivity contribution in [1.82, 2.24) is 0 Å². The highest BCUT2D eigenvalue weighted by Crippen LogP contribution is 2.14. The van der Waals surface area contributed by atoms with Crippen LogP contribution < -0.4 is 0 Å². The summed E-state index contributed by atoms with van der Waals surface area (Å²) in [4.78, 5) is 10.4. The van der Waals surface area contributed by atoms with E-state index in [1.54, 1.807) is 0 Å². The largest absolute Gasteiger partial charge is 0.458 e. The molecule has 0 saturated carbocycles. The van der Waals surface area contributed by atoms with E-state index in [-0.39, 0.29) is 0 Å². The molecule has 1 fully saturated rings. The summed E-state index contributed by atoms with van der Waals surface area (Å²) in [6.07, 6.45) is -2.98. The van der Waals surface area contributed by atoms with Gasteiger partial charge >= 0.3 is 5.97 Å². The van der Waals surface area contributed by atoms with Gasteiger partial charge in [0, 0.05) is 0 Å². The minimum Gasteiger partial charge on any atom is -0.458 e. The SMILES string of the molecule is C[C@H]1OC(=O)[C@H](O)[C@@H]1O. The lowest BCUT2D eigenvalue weighted by atomic mass is 10.2. The van der Waals surface area contributed by atoms with Crippen molar-refractivity contribution in [1.29, 1.82) is 0 Å². The van der Waals surface area contributed by atoms with Gasteiger partial charge in [-0.3, -0.25) is 0 Å². The van der Waals surface area contributed by atoms with Gasteiger partial charge in [0.1, 0.15) is 12.2 Å². The van der Waals surface area contributed by atoms with Crippen LogP contribution in [0.2, 0.25) is 0 Å². The molecule has 4 nitrogen and oxygen atoms in total. The average molecular weight is 132 g/mol. The summed E-state index contributed by atoms with van der Waals surface area (Å²) in [5.41, 5.74) is 0. The smallest absolute Gasteiger partial charge is 0.338 e. The maximum Gasteiger partial charge on any atom is 0.338 e. The first-order valence-electron chi connectivity index (χ1n) is 2.69. The zero-order valence-electron chi connectivity index (χ0n) is 4.94. The molecule has 1 aliphatic rings. The Morgan fingerprint density at radius 3 is 2.22 bits per heavy atom. The lowest BCUT2D eigenvalue weighted by Crippen LogP contribution is -2.29. The van der Waals surface area contributed by atoms with Gasteiger partial charge in [-0.05, 0) is 6.92 Å². The zero-order valence-corrected chi connectivity index (χ0v) is 4.94. The van der Waals surface area contributed by atoms with Gasteiger partial charge in [-0.2, -0.15) is 0 Å². The molecule has 0 aromatic carbocycles. The molecule has 52 valence electrons. The van der Waals surface area contributed by atoms with E-state index in [2.05, 4.69) is 4.74 Å². The number of rotatable bonds is 0. The van der Waals surface area contributed by atoms with Crippen LogP contribution in [0.1, 0.15) is 6.92 Å². The third kappa shape index (κ3) is 0.906. The predicted molar refractivity (Wildman–Crippen MR) is 27.6 cm³/mol. The average Bonchev–Trinajstić information content (AvgIpc) is 1.98. The standard InChI is InChI=1S/C5H8O4/c1-2-3(6)4(7)5(8)9-2/h2-4,6-7H,1H3/t2-,3-,4-/m1/s1. The molecule has 0 spiro atoms. The molecule has 1 saturated heterocycles. The molecule has 0 aromatic rings. The number of carbonyl (C=O) groups excluding carboxylic acids is 1. The third-order valence-electron chi connectivity index (χ3n) is 1.35. The Bertz CT molecular complexity index is 133. The number of cyclic esters (lactones) is 1. The van der Waals surface area contributed by atoms with E-state index < -0.39 is 24.3 Å². The Labute approximate surface area is 52.1 Å². The van der Waals surface area contributed by atoms with Gasteiger partial charge in [0.2, 0.25) is 0 Å². The number of ether oxygens (including phenoxy) is 1. The Balaban J connectivity index is 2.65. The number of hydrogen-bond acceptors (Lipinski definition) is 4. The van der Waals surface area contributed by atoms with Crippen LogP contribution in [0.5, 0.6) is 0 Å². The molecule has 9 heavy (non-hydrogen) atoms. The van der Waals surface area contributed by atoms with E-state index in [4.69, 9.17) is 10.2 Å². The van der Waals surface area contributed by atoms with Gasteiger partial charge < -0.3 is 14.9 Å². The zero-order chi connectivity index (χ0) is 7.02. The summed E-state index contributed by atoms with van der Waals surface area (Å²) in [5, 5.41) is 17.6. The van der Waals surface area contributed by atoms with Crippen molar-refractivity contribution in [3.8, 4) is 0 Å². The van der Waals surface area contributed by atoms with Crippen LogP contribution in [0.4, 0.5) is 0 Å². The van der Waals surface area contributed by atoms with Crippen molar-refractivity contribution in [3.05, 3.63) is 0 Å².